The molecule has 8 rings (SSSR count). The Hall–Kier alpha value is -2.09. The first kappa shape index (κ1) is 36.4. The van der Waals surface area contributed by atoms with Gasteiger partial charge in [-0.3, -0.25) is 0 Å². The molecule has 6 aromatic rings. The van der Waals surface area contributed by atoms with E-state index < -0.39 is 0 Å². The normalized spacial score (nSPS) is 15.3. The summed E-state index contributed by atoms with van der Waals surface area (Å²) in [7, 11) is 0. The summed E-state index contributed by atoms with van der Waals surface area (Å²) in [5.74, 6) is 1.61. The van der Waals surface area contributed by atoms with E-state index in [9.17, 15) is 0 Å². The summed E-state index contributed by atoms with van der Waals surface area (Å²) in [6.07, 6.45) is 14.8. The molecular weight excluding hydrogens is 611 g/mol. The SMILES string of the molecule is [CH2-]C[CH2-].[Cl-].[Cl-].[Ti+2].c1ccc2c(c1)ccc1[cH-]c(C3CCCCC3)cc12.c1ccc2c(c1)ccc1[cH-]c(C3CCCCC3)cc12. The van der Waals surface area contributed by atoms with Gasteiger partial charge in [-0.2, -0.15) is 12.1 Å². The molecule has 2 fully saturated rings. The van der Waals surface area contributed by atoms with Gasteiger partial charge in [0.15, 0.2) is 0 Å². The quantitative estimate of drug-likeness (QED) is 0.146. The molecule has 0 N–H and O–H groups in total. The van der Waals surface area contributed by atoms with Crippen molar-refractivity contribution in [1.82, 2.24) is 0 Å². The summed E-state index contributed by atoms with van der Waals surface area (Å²) in [5, 5.41) is 11.2. The Balaban J connectivity index is 0.000000208. The van der Waals surface area contributed by atoms with Gasteiger partial charge in [-0.1, -0.05) is 110 Å². The van der Waals surface area contributed by atoms with Gasteiger partial charge in [0.05, 0.1) is 0 Å². The molecule has 0 aromatic heterocycles. The van der Waals surface area contributed by atoms with Crippen LogP contribution >= 0.6 is 0 Å². The molecule has 0 amide bonds. The van der Waals surface area contributed by atoms with Crippen LogP contribution in [0, 0.1) is 13.8 Å². The third-order valence-electron chi connectivity index (χ3n) is 9.43. The van der Waals surface area contributed by atoms with Crippen LogP contribution in [0.2, 0.25) is 0 Å². The van der Waals surface area contributed by atoms with Gasteiger partial charge >= 0.3 is 21.7 Å². The van der Waals surface area contributed by atoms with E-state index in [4.69, 9.17) is 0 Å². The van der Waals surface area contributed by atoms with Crippen molar-refractivity contribution in [1.29, 1.82) is 0 Å². The number of rotatable bonds is 2. The minimum atomic E-state index is 0. The van der Waals surface area contributed by atoms with Crippen LogP contribution in [0.25, 0.3) is 43.1 Å². The fraction of sp³-hybridized carbons (Fsp3) is 0.317. The van der Waals surface area contributed by atoms with Crippen LogP contribution < -0.4 is 24.8 Å². The van der Waals surface area contributed by atoms with Crippen LogP contribution in [0.4, 0.5) is 0 Å². The molecular formula is C41H44Cl2Ti-4. The number of benzene rings is 4. The van der Waals surface area contributed by atoms with Gasteiger partial charge in [-0.25, -0.2) is 0 Å². The molecule has 0 spiro atoms. The van der Waals surface area contributed by atoms with E-state index in [0.29, 0.717) is 0 Å². The van der Waals surface area contributed by atoms with Gasteiger partial charge in [-0.05, 0) is 48.3 Å². The zero-order valence-electron chi connectivity index (χ0n) is 25.8. The minimum absolute atomic E-state index is 0. The maximum absolute atomic E-state index is 3.38. The van der Waals surface area contributed by atoms with Gasteiger partial charge in [0, 0.05) is 0 Å². The van der Waals surface area contributed by atoms with E-state index in [2.05, 4.69) is 111 Å². The largest absolute Gasteiger partial charge is 2.00 e. The first-order valence-electron chi connectivity index (χ1n) is 16.0. The standard InChI is InChI=1S/2C19H19.C3H6.2ClH.Ti/c2*1-2-6-14(7-3-1)17-12-16-11-10-15-8-4-5-9-18(15)19(16)13-17;1-3-2;;;/h2*4-5,8-14H,1-3,6-7H2;1-3H2;2*1H;/q2*-1;-2;;;+2/p-2. The van der Waals surface area contributed by atoms with Crippen LogP contribution in [0.5, 0.6) is 0 Å². The molecule has 0 bridgehead atoms. The minimum Gasteiger partial charge on any atom is -1.00 e. The summed E-state index contributed by atoms with van der Waals surface area (Å²) in [6.45, 7) is 6.75. The summed E-state index contributed by atoms with van der Waals surface area (Å²) in [5.41, 5.74) is 3.15. The van der Waals surface area contributed by atoms with Crippen molar-refractivity contribution in [2.75, 3.05) is 0 Å². The smallest absolute Gasteiger partial charge is 1.00 e. The van der Waals surface area contributed by atoms with E-state index in [1.807, 2.05) is 0 Å². The Morgan fingerprint density at radius 1 is 0.500 bits per heavy atom. The van der Waals surface area contributed by atoms with Crippen molar-refractivity contribution in [3.05, 3.63) is 122 Å². The Morgan fingerprint density at radius 2 is 0.864 bits per heavy atom. The molecule has 2 saturated carbocycles. The molecule has 0 aliphatic heterocycles. The van der Waals surface area contributed by atoms with Gasteiger partial charge in [0.25, 0.3) is 0 Å². The zero-order chi connectivity index (χ0) is 28.0. The molecule has 0 atom stereocenters. The molecule has 0 nitrogen and oxygen atoms in total. The summed E-state index contributed by atoms with van der Waals surface area (Å²) < 4.78 is 0. The average molecular weight is 656 g/mol. The van der Waals surface area contributed by atoms with E-state index in [1.165, 1.54) is 107 Å². The van der Waals surface area contributed by atoms with E-state index in [0.717, 1.165) is 18.3 Å². The van der Waals surface area contributed by atoms with Crippen LogP contribution in [0.15, 0.2) is 97.1 Å². The fourth-order valence-electron chi connectivity index (χ4n) is 7.32. The number of fused-ring (bicyclic) bond motifs is 6. The van der Waals surface area contributed by atoms with Gasteiger partial charge in [0.1, 0.15) is 0 Å². The van der Waals surface area contributed by atoms with Gasteiger partial charge in [-0.15, -0.1) is 56.9 Å². The summed E-state index contributed by atoms with van der Waals surface area (Å²) in [6, 6.07) is 36.3. The molecule has 6 aromatic carbocycles. The maximum atomic E-state index is 3.38. The molecule has 3 heteroatoms. The topological polar surface area (TPSA) is 0 Å². The molecule has 230 valence electrons. The van der Waals surface area contributed by atoms with E-state index in [-0.39, 0.29) is 46.5 Å². The molecule has 44 heavy (non-hydrogen) atoms. The first-order chi connectivity index (χ1) is 20.2. The monoisotopic (exact) mass is 654 g/mol. The van der Waals surface area contributed by atoms with Gasteiger partial charge in [0.2, 0.25) is 0 Å². The number of halogens is 2. The predicted octanol–water partition coefficient (Wildman–Crippen LogP) is 6.57. The third-order valence-corrected chi connectivity index (χ3v) is 9.43. The Bertz CT molecular complexity index is 1590. The molecule has 0 unspecified atom stereocenters. The average Bonchev–Trinajstić information content (AvgIpc) is 3.68. The first-order valence-corrected chi connectivity index (χ1v) is 16.0. The van der Waals surface area contributed by atoms with Crippen LogP contribution in [-0.2, 0) is 21.7 Å². The van der Waals surface area contributed by atoms with Crippen LogP contribution in [-0.4, -0.2) is 0 Å². The van der Waals surface area contributed by atoms with Crippen molar-refractivity contribution in [3.63, 3.8) is 0 Å². The zero-order valence-corrected chi connectivity index (χ0v) is 28.9. The van der Waals surface area contributed by atoms with Crippen molar-refractivity contribution in [2.45, 2.75) is 82.5 Å². The third kappa shape index (κ3) is 8.19. The second-order valence-corrected chi connectivity index (χ2v) is 12.2. The predicted molar refractivity (Wildman–Crippen MR) is 181 cm³/mol. The number of hydrogen-bond acceptors (Lipinski definition) is 0. The van der Waals surface area contributed by atoms with Crippen LogP contribution in [0.3, 0.4) is 0 Å². The molecule has 0 radical (unpaired) electrons. The second kappa shape index (κ2) is 17.6. The molecule has 0 saturated heterocycles. The molecule has 2 aliphatic rings. The fourth-order valence-corrected chi connectivity index (χ4v) is 7.32. The van der Waals surface area contributed by atoms with Crippen molar-refractivity contribution in [2.24, 2.45) is 0 Å². The Kier molecular flexibility index (Phi) is 14.5. The van der Waals surface area contributed by atoms with E-state index >= 15 is 0 Å². The Labute approximate surface area is 292 Å². The number of hydrogen-bond donors (Lipinski definition) is 0. The van der Waals surface area contributed by atoms with Crippen molar-refractivity contribution < 1.29 is 46.5 Å². The maximum Gasteiger partial charge on any atom is 2.00 e. The van der Waals surface area contributed by atoms with Crippen LogP contribution in [0.1, 0.15) is 93.6 Å². The molecule has 0 heterocycles. The Morgan fingerprint density at radius 3 is 1.25 bits per heavy atom. The summed E-state index contributed by atoms with van der Waals surface area (Å²) in [4.78, 5) is 0. The summed E-state index contributed by atoms with van der Waals surface area (Å²) >= 11 is 0. The van der Waals surface area contributed by atoms with E-state index in [1.54, 1.807) is 11.1 Å². The van der Waals surface area contributed by atoms with Crippen molar-refractivity contribution in [3.8, 4) is 0 Å². The van der Waals surface area contributed by atoms with Crippen molar-refractivity contribution >= 4 is 43.1 Å². The second-order valence-electron chi connectivity index (χ2n) is 12.2. The molecule has 2 aliphatic carbocycles. The van der Waals surface area contributed by atoms with Gasteiger partial charge < -0.3 is 45.1 Å².